The second-order valence-electron chi connectivity index (χ2n) is 4.26. The lowest BCUT2D eigenvalue weighted by atomic mass is 10.1. The first kappa shape index (κ1) is 14.1. The summed E-state index contributed by atoms with van der Waals surface area (Å²) in [5, 5.41) is 6.25. The average Bonchev–Trinajstić information content (AvgIpc) is 2.78. The zero-order chi connectivity index (χ0) is 14.8. The molecule has 0 aliphatic heterocycles. The van der Waals surface area contributed by atoms with Crippen molar-refractivity contribution in [1.29, 1.82) is 0 Å². The number of nitrogens with two attached hydrogens (primary N) is 1. The first-order chi connectivity index (χ1) is 9.40. The van der Waals surface area contributed by atoms with Gasteiger partial charge in [-0.1, -0.05) is 18.2 Å². The van der Waals surface area contributed by atoms with Crippen molar-refractivity contribution in [2.24, 2.45) is 5.73 Å². The Labute approximate surface area is 116 Å². The summed E-state index contributed by atoms with van der Waals surface area (Å²) in [7, 11) is -3.75. The molecule has 2 rings (SSSR count). The van der Waals surface area contributed by atoms with E-state index < -0.39 is 15.9 Å². The second kappa shape index (κ2) is 5.33. The number of aromatic amines is 1. The number of nitrogens with zero attached hydrogens (tertiary/aromatic N) is 1. The average molecular weight is 294 g/mol. The Morgan fingerprint density at radius 1 is 1.40 bits per heavy atom. The lowest BCUT2D eigenvalue weighted by Gasteiger charge is -2.11. The number of aromatic nitrogens is 2. The van der Waals surface area contributed by atoms with Crippen molar-refractivity contribution in [2.75, 3.05) is 4.72 Å². The number of amides is 1. The number of carbonyl (C=O) groups is 1. The van der Waals surface area contributed by atoms with Crippen molar-refractivity contribution in [1.82, 2.24) is 10.2 Å². The van der Waals surface area contributed by atoms with Gasteiger partial charge in [0.1, 0.15) is 4.90 Å². The summed E-state index contributed by atoms with van der Waals surface area (Å²) in [5.74, 6) is -0.531. The molecule has 0 aliphatic rings. The number of benzene rings is 1. The molecule has 1 aromatic carbocycles. The summed E-state index contributed by atoms with van der Waals surface area (Å²) < 4.78 is 26.9. The Morgan fingerprint density at radius 3 is 2.70 bits per heavy atom. The van der Waals surface area contributed by atoms with Crippen LogP contribution in [0.15, 0.2) is 35.4 Å². The molecule has 0 unspecified atom stereocenters. The summed E-state index contributed by atoms with van der Waals surface area (Å²) >= 11 is 0. The Morgan fingerprint density at radius 2 is 2.10 bits per heavy atom. The molecule has 20 heavy (non-hydrogen) atoms. The van der Waals surface area contributed by atoms with Gasteiger partial charge in [0, 0.05) is 0 Å². The van der Waals surface area contributed by atoms with Gasteiger partial charge in [0.25, 0.3) is 10.0 Å². The van der Waals surface area contributed by atoms with Crippen LogP contribution >= 0.6 is 0 Å². The van der Waals surface area contributed by atoms with Gasteiger partial charge in [-0.15, -0.1) is 0 Å². The Bertz CT molecular complexity index is 737. The van der Waals surface area contributed by atoms with Crippen LogP contribution in [-0.4, -0.2) is 24.5 Å². The zero-order valence-electron chi connectivity index (χ0n) is 10.8. The zero-order valence-corrected chi connectivity index (χ0v) is 11.6. The predicted molar refractivity (Wildman–Crippen MR) is 73.5 cm³/mol. The molecule has 106 valence electrons. The van der Waals surface area contributed by atoms with Gasteiger partial charge in [0.15, 0.2) is 0 Å². The van der Waals surface area contributed by atoms with Crippen LogP contribution in [0.4, 0.5) is 5.69 Å². The van der Waals surface area contributed by atoms with E-state index in [4.69, 9.17) is 5.73 Å². The molecule has 2 aromatic rings. The molecular formula is C12H14N4O3S. The lowest BCUT2D eigenvalue weighted by molar-refractivity contribution is -0.117. The second-order valence-corrected chi connectivity index (χ2v) is 5.92. The summed E-state index contributed by atoms with van der Waals surface area (Å²) in [6.45, 7) is 1.61. The smallest absolute Gasteiger partial charge is 0.265 e. The molecule has 0 aliphatic carbocycles. The maximum atomic E-state index is 12.2. The van der Waals surface area contributed by atoms with E-state index in [1.807, 2.05) is 0 Å². The van der Waals surface area contributed by atoms with E-state index in [0.29, 0.717) is 16.9 Å². The van der Waals surface area contributed by atoms with Gasteiger partial charge in [-0.2, -0.15) is 5.10 Å². The largest absolute Gasteiger partial charge is 0.369 e. The number of hydrogen-bond acceptors (Lipinski definition) is 4. The van der Waals surface area contributed by atoms with Gasteiger partial charge < -0.3 is 5.73 Å². The van der Waals surface area contributed by atoms with Crippen LogP contribution < -0.4 is 10.5 Å². The Kier molecular flexibility index (Phi) is 3.75. The highest BCUT2D eigenvalue weighted by Crippen LogP contribution is 2.21. The fourth-order valence-corrected chi connectivity index (χ4v) is 3.01. The number of carbonyl (C=O) groups excluding carboxylic acids is 1. The molecule has 0 radical (unpaired) electrons. The minimum atomic E-state index is -3.75. The third kappa shape index (κ3) is 2.97. The molecular weight excluding hydrogens is 280 g/mol. The fraction of sp³-hybridized carbons (Fsp3) is 0.167. The lowest BCUT2D eigenvalue weighted by Crippen LogP contribution is -2.18. The predicted octanol–water partition coefficient (Wildman–Crippen LogP) is 0.547. The molecule has 0 fully saturated rings. The van der Waals surface area contributed by atoms with Gasteiger partial charge >= 0.3 is 0 Å². The number of H-pyrrole nitrogens is 1. The number of sulfonamides is 1. The highest BCUT2D eigenvalue weighted by atomic mass is 32.2. The van der Waals surface area contributed by atoms with Crippen LogP contribution in [0.5, 0.6) is 0 Å². The molecule has 8 heteroatoms. The van der Waals surface area contributed by atoms with E-state index in [1.165, 1.54) is 6.20 Å². The number of primary amides is 1. The molecule has 1 amide bonds. The van der Waals surface area contributed by atoms with Gasteiger partial charge in [-0.25, -0.2) is 8.42 Å². The van der Waals surface area contributed by atoms with Crippen LogP contribution in [0.3, 0.4) is 0 Å². The number of hydrogen-bond donors (Lipinski definition) is 3. The number of rotatable bonds is 5. The standard InChI is InChI=1S/C12H14N4O3S/c1-8-11(7-14-15-8)20(18,19)16-10-5-3-2-4-9(10)6-12(13)17/h2-5,7,16H,6H2,1H3,(H2,13,17)(H,14,15). The van der Waals surface area contributed by atoms with Gasteiger partial charge in [0.05, 0.1) is 24.0 Å². The maximum Gasteiger partial charge on any atom is 0.265 e. The van der Waals surface area contributed by atoms with Gasteiger partial charge in [0.2, 0.25) is 5.91 Å². The summed E-state index contributed by atoms with van der Waals surface area (Å²) in [6.07, 6.45) is 1.19. The van der Waals surface area contributed by atoms with Crippen LogP contribution in [0.25, 0.3) is 0 Å². The van der Waals surface area contributed by atoms with Crippen molar-refractivity contribution in [3.05, 3.63) is 41.7 Å². The number of aryl methyl sites for hydroxylation is 1. The Balaban J connectivity index is 2.35. The SMILES string of the molecule is Cc1[nH]ncc1S(=O)(=O)Nc1ccccc1CC(N)=O. The van der Waals surface area contributed by atoms with Crippen LogP contribution in [0.1, 0.15) is 11.3 Å². The minimum absolute atomic E-state index is 0.0386. The van der Waals surface area contributed by atoms with Crippen molar-refractivity contribution >= 4 is 21.6 Å². The molecule has 4 N–H and O–H groups in total. The first-order valence-electron chi connectivity index (χ1n) is 5.79. The molecule has 0 atom stereocenters. The first-order valence-corrected chi connectivity index (χ1v) is 7.27. The third-order valence-electron chi connectivity index (χ3n) is 2.70. The van der Waals surface area contributed by atoms with Gasteiger partial charge in [-0.3, -0.25) is 14.6 Å². The van der Waals surface area contributed by atoms with Crippen molar-refractivity contribution in [3.63, 3.8) is 0 Å². The topological polar surface area (TPSA) is 118 Å². The summed E-state index contributed by atoms with van der Waals surface area (Å²) in [4.78, 5) is 11.1. The molecule has 0 saturated carbocycles. The van der Waals surface area contributed by atoms with E-state index in [-0.39, 0.29) is 11.3 Å². The monoisotopic (exact) mass is 294 g/mol. The molecule has 0 saturated heterocycles. The van der Waals surface area contributed by atoms with E-state index in [9.17, 15) is 13.2 Å². The van der Waals surface area contributed by atoms with Crippen molar-refractivity contribution < 1.29 is 13.2 Å². The van der Waals surface area contributed by atoms with E-state index in [2.05, 4.69) is 14.9 Å². The van der Waals surface area contributed by atoms with Crippen molar-refractivity contribution in [3.8, 4) is 0 Å². The number of nitrogens with one attached hydrogen (secondary N) is 2. The van der Waals surface area contributed by atoms with Crippen LogP contribution in [-0.2, 0) is 21.2 Å². The van der Waals surface area contributed by atoms with Crippen molar-refractivity contribution in [2.45, 2.75) is 18.2 Å². The third-order valence-corrected chi connectivity index (χ3v) is 4.18. The summed E-state index contributed by atoms with van der Waals surface area (Å²) in [6, 6.07) is 6.60. The Hall–Kier alpha value is -2.35. The molecule has 7 nitrogen and oxygen atoms in total. The quantitative estimate of drug-likeness (QED) is 0.746. The molecule has 0 spiro atoms. The molecule has 1 heterocycles. The highest BCUT2D eigenvalue weighted by molar-refractivity contribution is 7.92. The van der Waals surface area contributed by atoms with E-state index in [1.54, 1.807) is 31.2 Å². The minimum Gasteiger partial charge on any atom is -0.369 e. The number of para-hydroxylation sites is 1. The van der Waals surface area contributed by atoms with E-state index in [0.717, 1.165) is 0 Å². The van der Waals surface area contributed by atoms with Crippen LogP contribution in [0.2, 0.25) is 0 Å². The summed E-state index contributed by atoms with van der Waals surface area (Å²) in [5.41, 5.74) is 6.42. The fourth-order valence-electron chi connectivity index (χ4n) is 1.77. The molecule has 0 bridgehead atoms. The normalized spacial score (nSPS) is 11.2. The van der Waals surface area contributed by atoms with Crippen LogP contribution in [0, 0.1) is 6.92 Å². The number of anilines is 1. The maximum absolute atomic E-state index is 12.2. The highest BCUT2D eigenvalue weighted by Gasteiger charge is 2.20. The van der Waals surface area contributed by atoms with E-state index >= 15 is 0 Å². The van der Waals surface area contributed by atoms with Gasteiger partial charge in [-0.05, 0) is 18.6 Å². The molecule has 1 aromatic heterocycles.